The molecule has 0 heterocycles. The van der Waals surface area contributed by atoms with Gasteiger partial charge >= 0.3 is 0 Å². The molecule has 1 aromatic rings. The van der Waals surface area contributed by atoms with Crippen molar-refractivity contribution in [2.75, 3.05) is 7.05 Å². The number of benzene rings is 1. The number of amides is 1. The van der Waals surface area contributed by atoms with Crippen LogP contribution in [0.5, 0.6) is 0 Å². The molecular formula is C18H29N2O+. The molecule has 1 saturated carbocycles. The van der Waals surface area contributed by atoms with Gasteiger partial charge in [0.1, 0.15) is 6.54 Å². The molecule has 0 spiro atoms. The lowest BCUT2D eigenvalue weighted by atomic mass is 9.87. The number of carbonyl (C=O) groups excluding carboxylic acids is 1. The summed E-state index contributed by atoms with van der Waals surface area (Å²) in [5.41, 5.74) is 2.82. The summed E-state index contributed by atoms with van der Waals surface area (Å²) in [6, 6.07) is 9.23. The smallest absolute Gasteiger partial charge is 0.278 e. The monoisotopic (exact) mass is 289 g/mol. The van der Waals surface area contributed by atoms with Gasteiger partial charge in [0.05, 0.1) is 7.05 Å². The third-order valence-corrected chi connectivity index (χ3v) is 4.36. The van der Waals surface area contributed by atoms with Gasteiger partial charge in [0.15, 0.2) is 6.04 Å². The van der Waals surface area contributed by atoms with Gasteiger partial charge in [0.25, 0.3) is 5.91 Å². The number of carbonyl (C=O) groups is 1. The van der Waals surface area contributed by atoms with E-state index in [1.54, 1.807) is 0 Å². The highest BCUT2D eigenvalue weighted by atomic mass is 16.2. The molecule has 0 radical (unpaired) electrons. The molecule has 21 heavy (non-hydrogen) atoms. The zero-order valence-electron chi connectivity index (χ0n) is 14.0. The molecule has 0 saturated heterocycles. The second kappa shape index (κ2) is 6.18. The van der Waals surface area contributed by atoms with E-state index in [-0.39, 0.29) is 17.4 Å². The van der Waals surface area contributed by atoms with Crippen molar-refractivity contribution in [3.63, 3.8) is 0 Å². The van der Waals surface area contributed by atoms with E-state index in [1.165, 1.54) is 16.0 Å². The Morgan fingerprint density at radius 1 is 1.29 bits per heavy atom. The second-order valence-electron chi connectivity index (χ2n) is 7.47. The topological polar surface area (TPSA) is 33.5 Å². The van der Waals surface area contributed by atoms with Gasteiger partial charge in [0, 0.05) is 11.6 Å². The van der Waals surface area contributed by atoms with Gasteiger partial charge in [-0.1, -0.05) is 45.0 Å². The first kappa shape index (κ1) is 16.0. The molecule has 2 N–H and O–H groups in total. The third kappa shape index (κ3) is 4.57. The molecule has 2 rings (SSSR count). The molecule has 1 aliphatic carbocycles. The molecule has 1 aliphatic rings. The van der Waals surface area contributed by atoms with E-state index in [0.717, 1.165) is 19.4 Å². The minimum atomic E-state index is -0.00658. The van der Waals surface area contributed by atoms with Crippen LogP contribution in [0.1, 0.15) is 51.7 Å². The number of hydrogen-bond acceptors (Lipinski definition) is 1. The maximum absolute atomic E-state index is 12.1. The van der Waals surface area contributed by atoms with Gasteiger partial charge in [-0.15, -0.1) is 0 Å². The first-order valence-corrected chi connectivity index (χ1v) is 7.99. The zero-order valence-corrected chi connectivity index (χ0v) is 14.0. The molecule has 1 fully saturated rings. The van der Waals surface area contributed by atoms with E-state index in [4.69, 9.17) is 0 Å². The first-order chi connectivity index (χ1) is 9.77. The lowest BCUT2D eigenvalue weighted by molar-refractivity contribution is -0.908. The van der Waals surface area contributed by atoms with Gasteiger partial charge < -0.3 is 10.2 Å². The van der Waals surface area contributed by atoms with Crippen molar-refractivity contribution < 1.29 is 9.69 Å². The molecule has 0 aromatic heterocycles. The average Bonchev–Trinajstić information content (AvgIpc) is 3.21. The average molecular weight is 289 g/mol. The molecule has 1 unspecified atom stereocenters. The molecule has 3 heteroatoms. The van der Waals surface area contributed by atoms with Crippen LogP contribution >= 0.6 is 0 Å². The van der Waals surface area contributed by atoms with Crippen LogP contribution < -0.4 is 10.2 Å². The van der Waals surface area contributed by atoms with Crippen LogP contribution in [0.2, 0.25) is 0 Å². The highest BCUT2D eigenvalue weighted by molar-refractivity contribution is 5.80. The van der Waals surface area contributed by atoms with Crippen LogP contribution in [-0.2, 0) is 16.8 Å². The minimum Gasteiger partial charge on any atom is -0.348 e. The number of nitrogens with one attached hydrogen (secondary N) is 2. The molecule has 1 aromatic carbocycles. The fourth-order valence-electron chi connectivity index (χ4n) is 2.38. The van der Waals surface area contributed by atoms with Crippen LogP contribution in [0, 0.1) is 0 Å². The summed E-state index contributed by atoms with van der Waals surface area (Å²) >= 11 is 0. The Labute approximate surface area is 128 Å². The lowest BCUT2D eigenvalue weighted by Gasteiger charge is -2.22. The predicted octanol–water partition coefficient (Wildman–Crippen LogP) is 1.67. The second-order valence-corrected chi connectivity index (χ2v) is 7.47. The fourth-order valence-corrected chi connectivity index (χ4v) is 2.38. The summed E-state index contributed by atoms with van der Waals surface area (Å²) in [5.74, 6) is 0.182. The molecule has 2 atom stereocenters. The summed E-state index contributed by atoms with van der Waals surface area (Å²) in [4.78, 5) is 13.3. The summed E-state index contributed by atoms with van der Waals surface area (Å²) < 4.78 is 0. The molecule has 0 bridgehead atoms. The van der Waals surface area contributed by atoms with E-state index in [1.807, 2.05) is 6.92 Å². The Morgan fingerprint density at radius 2 is 1.86 bits per heavy atom. The standard InChI is InChI=1S/C18H28N2O/c1-13(17(21)19-16-10-11-16)20(5)12-14-6-8-15(9-7-14)18(2,3)4/h6-9,13,16H,10-12H2,1-5H3,(H,19,21)/p+1/t13-/m0/s1. The maximum atomic E-state index is 12.1. The Balaban J connectivity index is 1.92. The zero-order chi connectivity index (χ0) is 15.6. The van der Waals surface area contributed by atoms with Crippen molar-refractivity contribution >= 4 is 5.91 Å². The number of rotatable bonds is 5. The summed E-state index contributed by atoms with van der Waals surface area (Å²) in [6.07, 6.45) is 2.29. The third-order valence-electron chi connectivity index (χ3n) is 4.36. The van der Waals surface area contributed by atoms with Crippen LogP contribution in [0.25, 0.3) is 0 Å². The lowest BCUT2D eigenvalue weighted by Crippen LogP contribution is -3.12. The van der Waals surface area contributed by atoms with Crippen LogP contribution in [0.15, 0.2) is 24.3 Å². The van der Waals surface area contributed by atoms with Crippen molar-refractivity contribution in [2.24, 2.45) is 0 Å². The Hall–Kier alpha value is -1.35. The minimum absolute atomic E-state index is 0.00658. The summed E-state index contributed by atoms with van der Waals surface area (Å²) in [6.45, 7) is 9.57. The largest absolute Gasteiger partial charge is 0.348 e. The van der Waals surface area contributed by atoms with Gasteiger partial charge in [-0.2, -0.15) is 0 Å². The number of hydrogen-bond donors (Lipinski definition) is 2. The quantitative estimate of drug-likeness (QED) is 0.849. The Bertz CT molecular complexity index is 483. The molecule has 0 aliphatic heterocycles. The number of quaternary nitrogens is 1. The van der Waals surface area contributed by atoms with E-state index in [9.17, 15) is 4.79 Å². The highest BCUT2D eigenvalue weighted by Gasteiger charge is 2.29. The van der Waals surface area contributed by atoms with Crippen LogP contribution in [0.4, 0.5) is 0 Å². The molecular weight excluding hydrogens is 260 g/mol. The SMILES string of the molecule is C[C@@H](C(=O)NC1CC1)[NH+](C)Cc1ccc(C(C)(C)C)cc1. The molecule has 3 nitrogen and oxygen atoms in total. The molecule has 116 valence electrons. The van der Waals surface area contributed by atoms with Crippen molar-refractivity contribution in [1.82, 2.24) is 5.32 Å². The molecule has 1 amide bonds. The van der Waals surface area contributed by atoms with E-state index >= 15 is 0 Å². The normalized spacial score (nSPS) is 18.1. The van der Waals surface area contributed by atoms with Gasteiger partial charge in [-0.3, -0.25) is 4.79 Å². The number of likely N-dealkylation sites (N-methyl/N-ethyl adjacent to an activating group) is 1. The summed E-state index contributed by atoms with van der Waals surface area (Å²) in [5, 5.41) is 3.09. The van der Waals surface area contributed by atoms with Crippen molar-refractivity contribution in [3.05, 3.63) is 35.4 Å². The van der Waals surface area contributed by atoms with E-state index in [2.05, 4.69) is 57.4 Å². The van der Waals surface area contributed by atoms with Gasteiger partial charge in [-0.25, -0.2) is 0 Å². The van der Waals surface area contributed by atoms with Gasteiger partial charge in [0.2, 0.25) is 0 Å². The van der Waals surface area contributed by atoms with Gasteiger partial charge in [-0.05, 0) is 30.7 Å². The fraction of sp³-hybridized carbons (Fsp3) is 0.611. The predicted molar refractivity (Wildman–Crippen MR) is 86.4 cm³/mol. The Kier molecular flexibility index (Phi) is 4.72. The van der Waals surface area contributed by atoms with E-state index < -0.39 is 0 Å². The Morgan fingerprint density at radius 3 is 2.33 bits per heavy atom. The highest BCUT2D eigenvalue weighted by Crippen LogP contribution is 2.22. The van der Waals surface area contributed by atoms with Crippen molar-refractivity contribution in [2.45, 2.75) is 64.6 Å². The van der Waals surface area contributed by atoms with Crippen molar-refractivity contribution in [1.29, 1.82) is 0 Å². The van der Waals surface area contributed by atoms with E-state index in [0.29, 0.717) is 6.04 Å². The summed E-state index contributed by atoms with van der Waals surface area (Å²) in [7, 11) is 2.09. The maximum Gasteiger partial charge on any atom is 0.278 e. The van der Waals surface area contributed by atoms with Crippen molar-refractivity contribution in [3.8, 4) is 0 Å². The van der Waals surface area contributed by atoms with Crippen LogP contribution in [0.3, 0.4) is 0 Å². The van der Waals surface area contributed by atoms with Crippen LogP contribution in [-0.4, -0.2) is 25.0 Å². The first-order valence-electron chi connectivity index (χ1n) is 7.99.